The van der Waals surface area contributed by atoms with Gasteiger partial charge in [0.1, 0.15) is 0 Å². The molecule has 0 aromatic heterocycles. The average Bonchev–Trinajstić information content (AvgIpc) is 3.56. The number of carbonyl (C=O) groups excluding carboxylic acids is 1. The lowest BCUT2D eigenvalue weighted by atomic mass is 10.0. The van der Waals surface area contributed by atoms with Gasteiger partial charge in [-0.05, 0) is 29.2 Å². The third kappa shape index (κ3) is 5.77. The van der Waals surface area contributed by atoms with Crippen LogP contribution in [-0.4, -0.2) is 68.8 Å². The second-order valence-corrected chi connectivity index (χ2v) is 7.46. The fraction of sp³-hybridized carbons (Fsp3) is 0.522. The molecule has 5 nitrogen and oxygen atoms in total. The van der Waals surface area contributed by atoms with Gasteiger partial charge in [0, 0.05) is 52.9 Å². The first-order chi connectivity index (χ1) is 13.7. The van der Waals surface area contributed by atoms with Crippen LogP contribution in [0.2, 0.25) is 0 Å². The summed E-state index contributed by atoms with van der Waals surface area (Å²) < 4.78 is 10.3. The van der Waals surface area contributed by atoms with E-state index in [9.17, 15) is 4.79 Å². The van der Waals surface area contributed by atoms with E-state index in [4.69, 9.17) is 9.47 Å². The SMILES string of the molecule is COCCN(CCOC)C(=O)CCN(Cc1cccc2ccccc12)C1CC1. The third-order valence-electron chi connectivity index (χ3n) is 5.41. The number of amides is 1. The van der Waals surface area contributed by atoms with E-state index >= 15 is 0 Å². The monoisotopic (exact) mass is 384 g/mol. The summed E-state index contributed by atoms with van der Waals surface area (Å²) in [5, 5.41) is 2.58. The van der Waals surface area contributed by atoms with Gasteiger partial charge in [-0.1, -0.05) is 42.5 Å². The van der Waals surface area contributed by atoms with Crippen molar-refractivity contribution in [1.82, 2.24) is 9.80 Å². The van der Waals surface area contributed by atoms with E-state index < -0.39 is 0 Å². The van der Waals surface area contributed by atoms with Crippen LogP contribution in [0.4, 0.5) is 0 Å². The molecule has 3 rings (SSSR count). The summed E-state index contributed by atoms with van der Waals surface area (Å²) in [6, 6.07) is 15.6. The molecule has 0 aliphatic heterocycles. The van der Waals surface area contributed by atoms with E-state index in [1.54, 1.807) is 14.2 Å². The second kappa shape index (κ2) is 10.6. The van der Waals surface area contributed by atoms with E-state index in [0.29, 0.717) is 38.8 Å². The van der Waals surface area contributed by atoms with Crippen molar-refractivity contribution in [2.24, 2.45) is 0 Å². The summed E-state index contributed by atoms with van der Waals surface area (Å²) >= 11 is 0. The van der Waals surface area contributed by atoms with Crippen molar-refractivity contribution >= 4 is 16.7 Å². The summed E-state index contributed by atoms with van der Waals surface area (Å²) in [6.45, 7) is 4.03. The Balaban J connectivity index is 1.62. The third-order valence-corrected chi connectivity index (χ3v) is 5.41. The molecule has 1 aliphatic carbocycles. The topological polar surface area (TPSA) is 42.0 Å². The maximum absolute atomic E-state index is 12.8. The molecule has 5 heteroatoms. The Morgan fingerprint density at radius 3 is 2.32 bits per heavy atom. The van der Waals surface area contributed by atoms with Gasteiger partial charge < -0.3 is 14.4 Å². The van der Waals surface area contributed by atoms with Gasteiger partial charge in [0.2, 0.25) is 5.91 Å². The van der Waals surface area contributed by atoms with Crippen LogP contribution in [0.15, 0.2) is 42.5 Å². The molecule has 0 unspecified atom stereocenters. The van der Waals surface area contributed by atoms with Crippen molar-refractivity contribution in [1.29, 1.82) is 0 Å². The number of methoxy groups -OCH3 is 2. The van der Waals surface area contributed by atoms with E-state index in [2.05, 4.69) is 47.4 Å². The zero-order valence-electron chi connectivity index (χ0n) is 17.1. The second-order valence-electron chi connectivity index (χ2n) is 7.46. The predicted octanol–water partition coefficient (Wildman–Crippen LogP) is 3.32. The van der Waals surface area contributed by atoms with E-state index in [1.807, 2.05) is 4.90 Å². The number of hydrogen-bond donors (Lipinski definition) is 0. The first kappa shape index (κ1) is 20.8. The van der Waals surface area contributed by atoms with E-state index in [-0.39, 0.29) is 5.91 Å². The molecule has 0 atom stereocenters. The Kier molecular flexibility index (Phi) is 7.83. The lowest BCUT2D eigenvalue weighted by molar-refractivity contribution is -0.132. The van der Waals surface area contributed by atoms with Gasteiger partial charge in [-0.15, -0.1) is 0 Å². The number of carbonyl (C=O) groups is 1. The lowest BCUT2D eigenvalue weighted by Crippen LogP contribution is -2.38. The first-order valence-electron chi connectivity index (χ1n) is 10.2. The number of ether oxygens (including phenoxy) is 2. The molecule has 0 N–H and O–H groups in total. The van der Waals surface area contributed by atoms with E-state index in [0.717, 1.165) is 13.1 Å². The molecule has 0 radical (unpaired) electrons. The van der Waals surface area contributed by atoms with Crippen molar-refractivity contribution in [3.63, 3.8) is 0 Å². The number of benzene rings is 2. The quantitative estimate of drug-likeness (QED) is 0.563. The number of fused-ring (bicyclic) bond motifs is 1. The van der Waals surface area contributed by atoms with Crippen LogP contribution in [0.3, 0.4) is 0 Å². The van der Waals surface area contributed by atoms with Gasteiger partial charge in [-0.2, -0.15) is 0 Å². The standard InChI is InChI=1S/C23H32N2O3/c1-27-16-14-24(15-17-28-2)23(26)12-13-25(21-10-11-21)18-20-8-5-7-19-6-3-4-9-22(19)20/h3-9,21H,10-18H2,1-2H3. The molecule has 1 saturated carbocycles. The molecule has 0 heterocycles. The minimum absolute atomic E-state index is 0.178. The summed E-state index contributed by atoms with van der Waals surface area (Å²) in [4.78, 5) is 17.1. The van der Waals surface area contributed by atoms with Gasteiger partial charge in [0.05, 0.1) is 13.2 Å². The fourth-order valence-electron chi connectivity index (χ4n) is 3.64. The zero-order valence-corrected chi connectivity index (χ0v) is 17.1. The predicted molar refractivity (Wildman–Crippen MR) is 112 cm³/mol. The van der Waals surface area contributed by atoms with Gasteiger partial charge >= 0.3 is 0 Å². The minimum atomic E-state index is 0.178. The van der Waals surface area contributed by atoms with E-state index in [1.165, 1.54) is 29.2 Å². The Hall–Kier alpha value is -1.95. The van der Waals surface area contributed by atoms with Gasteiger partial charge in [0.25, 0.3) is 0 Å². The highest BCUT2D eigenvalue weighted by atomic mass is 16.5. The Labute approximate surface area is 168 Å². The fourth-order valence-corrected chi connectivity index (χ4v) is 3.64. The van der Waals surface area contributed by atoms with Gasteiger partial charge in [-0.3, -0.25) is 9.69 Å². The lowest BCUT2D eigenvalue weighted by Gasteiger charge is -2.26. The molecule has 0 spiro atoms. The average molecular weight is 385 g/mol. The van der Waals surface area contributed by atoms with Crippen LogP contribution in [0.25, 0.3) is 10.8 Å². The molecule has 1 fully saturated rings. The molecule has 0 bridgehead atoms. The summed E-state index contributed by atoms with van der Waals surface area (Å²) in [5.41, 5.74) is 1.34. The number of hydrogen-bond acceptors (Lipinski definition) is 4. The highest BCUT2D eigenvalue weighted by molar-refractivity contribution is 5.85. The van der Waals surface area contributed by atoms with Crippen molar-refractivity contribution in [3.05, 3.63) is 48.0 Å². The van der Waals surface area contributed by atoms with Gasteiger partial charge in [0.15, 0.2) is 0 Å². The maximum Gasteiger partial charge on any atom is 0.224 e. The van der Waals surface area contributed by atoms with Crippen molar-refractivity contribution < 1.29 is 14.3 Å². The Bertz CT molecular complexity index is 747. The molecule has 1 amide bonds. The molecular formula is C23H32N2O3. The molecule has 2 aromatic rings. The van der Waals surface area contributed by atoms with Gasteiger partial charge in [-0.25, -0.2) is 0 Å². The van der Waals surface area contributed by atoms with Crippen LogP contribution in [0.5, 0.6) is 0 Å². The summed E-state index contributed by atoms with van der Waals surface area (Å²) in [7, 11) is 3.33. The summed E-state index contributed by atoms with van der Waals surface area (Å²) in [5.74, 6) is 0.178. The number of rotatable bonds is 12. The maximum atomic E-state index is 12.8. The molecule has 0 saturated heterocycles. The Morgan fingerprint density at radius 1 is 0.964 bits per heavy atom. The van der Waals surface area contributed by atoms with Crippen LogP contribution >= 0.6 is 0 Å². The summed E-state index contributed by atoms with van der Waals surface area (Å²) in [6.07, 6.45) is 3.00. The smallest absolute Gasteiger partial charge is 0.224 e. The van der Waals surface area contributed by atoms with Crippen LogP contribution in [-0.2, 0) is 20.8 Å². The highest BCUT2D eigenvalue weighted by Crippen LogP contribution is 2.30. The van der Waals surface area contributed by atoms with Crippen molar-refractivity contribution in [2.75, 3.05) is 47.1 Å². The van der Waals surface area contributed by atoms with Crippen molar-refractivity contribution in [2.45, 2.75) is 31.8 Å². The molecule has 1 aliphatic rings. The van der Waals surface area contributed by atoms with Crippen molar-refractivity contribution in [3.8, 4) is 0 Å². The Morgan fingerprint density at radius 2 is 1.64 bits per heavy atom. The zero-order chi connectivity index (χ0) is 19.8. The molecular weight excluding hydrogens is 352 g/mol. The molecule has 2 aromatic carbocycles. The first-order valence-corrected chi connectivity index (χ1v) is 10.2. The van der Waals surface area contributed by atoms with Crippen LogP contribution < -0.4 is 0 Å². The van der Waals surface area contributed by atoms with Crippen LogP contribution in [0.1, 0.15) is 24.8 Å². The highest BCUT2D eigenvalue weighted by Gasteiger charge is 2.29. The largest absolute Gasteiger partial charge is 0.383 e. The normalized spacial score (nSPS) is 14.0. The number of nitrogens with zero attached hydrogens (tertiary/aromatic N) is 2. The molecule has 28 heavy (non-hydrogen) atoms. The minimum Gasteiger partial charge on any atom is -0.383 e. The molecule has 152 valence electrons. The van der Waals surface area contributed by atoms with Crippen LogP contribution in [0, 0.1) is 0 Å².